The van der Waals surface area contributed by atoms with Crippen molar-refractivity contribution in [2.24, 2.45) is 5.73 Å². The van der Waals surface area contributed by atoms with Crippen LogP contribution in [0.25, 0.3) is 0 Å². The lowest BCUT2D eigenvalue weighted by Crippen LogP contribution is -2.29. The maximum atomic E-state index is 13.0. The number of aromatic nitrogens is 1. The Morgan fingerprint density at radius 3 is 2.30 bits per heavy atom. The molecule has 0 saturated carbocycles. The van der Waals surface area contributed by atoms with Crippen molar-refractivity contribution in [1.82, 2.24) is 4.57 Å². The van der Waals surface area contributed by atoms with Crippen LogP contribution in [0.5, 0.6) is 0 Å². The Hall–Kier alpha value is -3.74. The van der Waals surface area contributed by atoms with Crippen LogP contribution in [0.3, 0.4) is 0 Å². The number of hydrogen-bond donors (Lipinski definition) is 2. The lowest BCUT2D eigenvalue weighted by molar-refractivity contribution is 0.0998. The topological polar surface area (TPSA) is 94.2 Å². The molecule has 3 aromatic rings. The molecule has 0 bridgehead atoms. The zero-order valence-electron chi connectivity index (χ0n) is 14.2. The molecule has 2 aromatic carbocycles. The van der Waals surface area contributed by atoms with Crippen LogP contribution in [0.2, 0.25) is 0 Å². The number of carbonyl (C=O) groups excluding carboxylic acids is 2. The van der Waals surface area contributed by atoms with E-state index in [0.29, 0.717) is 11.3 Å². The molecule has 0 atom stereocenters. The zero-order valence-corrected chi connectivity index (χ0v) is 14.2. The fourth-order valence-corrected chi connectivity index (χ4v) is 2.54. The van der Waals surface area contributed by atoms with Gasteiger partial charge in [-0.25, -0.2) is 4.39 Å². The number of benzene rings is 2. The van der Waals surface area contributed by atoms with Crippen molar-refractivity contribution >= 4 is 17.5 Å². The molecule has 0 fully saturated rings. The smallest absolute Gasteiger partial charge is 0.263 e. The van der Waals surface area contributed by atoms with Crippen LogP contribution in [0, 0.1) is 5.82 Å². The number of halogens is 1. The van der Waals surface area contributed by atoms with Crippen LogP contribution >= 0.6 is 0 Å². The predicted octanol–water partition coefficient (Wildman–Crippen LogP) is 2.39. The zero-order chi connectivity index (χ0) is 19.4. The van der Waals surface area contributed by atoms with Crippen LogP contribution in [0.4, 0.5) is 10.1 Å². The molecule has 0 aliphatic rings. The van der Waals surface area contributed by atoms with Gasteiger partial charge in [-0.05, 0) is 54.1 Å². The molecule has 3 rings (SSSR count). The summed E-state index contributed by atoms with van der Waals surface area (Å²) >= 11 is 0. The minimum Gasteiger partial charge on any atom is -0.366 e. The van der Waals surface area contributed by atoms with E-state index in [1.165, 1.54) is 47.0 Å². The van der Waals surface area contributed by atoms with Crippen LogP contribution in [-0.4, -0.2) is 16.4 Å². The van der Waals surface area contributed by atoms with Crippen molar-refractivity contribution in [1.29, 1.82) is 0 Å². The molecule has 27 heavy (non-hydrogen) atoms. The fourth-order valence-electron chi connectivity index (χ4n) is 2.54. The van der Waals surface area contributed by atoms with Crippen molar-refractivity contribution in [3.63, 3.8) is 0 Å². The van der Waals surface area contributed by atoms with Gasteiger partial charge in [-0.3, -0.25) is 14.4 Å². The van der Waals surface area contributed by atoms with Gasteiger partial charge in [0.2, 0.25) is 5.91 Å². The lowest BCUT2D eigenvalue weighted by atomic mass is 10.2. The molecule has 3 N–H and O–H groups in total. The molecule has 1 heterocycles. The number of anilines is 1. The first-order chi connectivity index (χ1) is 12.9. The number of hydrogen-bond acceptors (Lipinski definition) is 3. The van der Waals surface area contributed by atoms with Crippen LogP contribution < -0.4 is 16.6 Å². The molecule has 6 nitrogen and oxygen atoms in total. The standard InChI is InChI=1S/C20H16FN3O3/c21-15-7-3-13(4-8-15)12-24-11-1-2-17(20(24)27)19(26)23-16-9-5-14(6-10-16)18(22)25/h1-11H,12H2,(H2,22,25)(H,23,26). The third-order valence-corrected chi connectivity index (χ3v) is 3.96. The van der Waals surface area contributed by atoms with E-state index in [1.807, 2.05) is 0 Å². The van der Waals surface area contributed by atoms with Crippen molar-refractivity contribution in [2.75, 3.05) is 5.32 Å². The number of amides is 2. The third-order valence-electron chi connectivity index (χ3n) is 3.96. The van der Waals surface area contributed by atoms with Crippen LogP contribution in [0.15, 0.2) is 71.7 Å². The monoisotopic (exact) mass is 365 g/mol. The first kappa shape index (κ1) is 18.1. The molecule has 136 valence electrons. The van der Waals surface area contributed by atoms with Gasteiger partial charge in [0, 0.05) is 17.4 Å². The van der Waals surface area contributed by atoms with Gasteiger partial charge < -0.3 is 15.6 Å². The van der Waals surface area contributed by atoms with Crippen molar-refractivity contribution in [3.8, 4) is 0 Å². The second-order valence-corrected chi connectivity index (χ2v) is 5.88. The number of carbonyl (C=O) groups is 2. The first-order valence-corrected chi connectivity index (χ1v) is 8.09. The van der Waals surface area contributed by atoms with E-state index in [2.05, 4.69) is 5.32 Å². The fraction of sp³-hybridized carbons (Fsp3) is 0.0500. The van der Waals surface area contributed by atoms with Crippen molar-refractivity contribution in [3.05, 3.63) is 99.7 Å². The highest BCUT2D eigenvalue weighted by Crippen LogP contribution is 2.10. The molecule has 0 radical (unpaired) electrons. The summed E-state index contributed by atoms with van der Waals surface area (Å²) in [4.78, 5) is 36.1. The highest BCUT2D eigenvalue weighted by atomic mass is 19.1. The first-order valence-electron chi connectivity index (χ1n) is 8.09. The molecule has 7 heteroatoms. The molecule has 0 unspecified atom stereocenters. The Morgan fingerprint density at radius 1 is 1.00 bits per heavy atom. The summed E-state index contributed by atoms with van der Waals surface area (Å²) in [6.45, 7) is 0.216. The number of rotatable bonds is 5. The summed E-state index contributed by atoms with van der Waals surface area (Å²) in [5.74, 6) is -1.50. The molecule has 0 aliphatic heterocycles. The van der Waals surface area contributed by atoms with Gasteiger partial charge in [-0.2, -0.15) is 0 Å². The van der Waals surface area contributed by atoms with E-state index in [0.717, 1.165) is 5.56 Å². The molecule has 1 aromatic heterocycles. The average molecular weight is 365 g/mol. The number of nitrogens with zero attached hydrogens (tertiary/aromatic N) is 1. The Kier molecular flexibility index (Phi) is 5.12. The van der Waals surface area contributed by atoms with E-state index in [9.17, 15) is 18.8 Å². The van der Waals surface area contributed by atoms with Crippen LogP contribution in [-0.2, 0) is 6.54 Å². The molecular formula is C20H16FN3O3. The van der Waals surface area contributed by atoms with Gasteiger partial charge in [-0.1, -0.05) is 12.1 Å². The molecule has 2 amide bonds. The van der Waals surface area contributed by atoms with Gasteiger partial charge in [0.1, 0.15) is 11.4 Å². The summed E-state index contributed by atoms with van der Waals surface area (Å²) < 4.78 is 14.4. The molecular weight excluding hydrogens is 349 g/mol. The van der Waals surface area contributed by atoms with Gasteiger partial charge in [0.15, 0.2) is 0 Å². The second kappa shape index (κ2) is 7.65. The third kappa shape index (κ3) is 4.27. The summed E-state index contributed by atoms with van der Waals surface area (Å²) in [5.41, 5.74) is 6.16. The highest BCUT2D eigenvalue weighted by molar-refractivity contribution is 6.04. The summed E-state index contributed by atoms with van der Waals surface area (Å²) in [5, 5.41) is 2.61. The number of pyridine rings is 1. The van der Waals surface area contributed by atoms with Gasteiger partial charge in [-0.15, -0.1) is 0 Å². The maximum absolute atomic E-state index is 13.0. The minimum atomic E-state index is -0.570. The van der Waals surface area contributed by atoms with Crippen LogP contribution in [0.1, 0.15) is 26.3 Å². The maximum Gasteiger partial charge on any atom is 0.263 e. The summed E-state index contributed by atoms with van der Waals surface area (Å²) in [7, 11) is 0. The SMILES string of the molecule is NC(=O)c1ccc(NC(=O)c2cccn(Cc3ccc(F)cc3)c2=O)cc1. The van der Waals surface area contributed by atoms with Gasteiger partial charge >= 0.3 is 0 Å². The number of nitrogens with two attached hydrogens (primary N) is 1. The molecule has 0 saturated heterocycles. The summed E-state index contributed by atoms with van der Waals surface area (Å²) in [6.07, 6.45) is 1.56. The quantitative estimate of drug-likeness (QED) is 0.727. The van der Waals surface area contributed by atoms with Gasteiger partial charge in [0.05, 0.1) is 6.54 Å². The van der Waals surface area contributed by atoms with E-state index in [4.69, 9.17) is 5.73 Å². The average Bonchev–Trinajstić information content (AvgIpc) is 2.65. The van der Waals surface area contributed by atoms with E-state index >= 15 is 0 Å². The highest BCUT2D eigenvalue weighted by Gasteiger charge is 2.13. The number of nitrogens with one attached hydrogen (secondary N) is 1. The Labute approximate surface area is 154 Å². The Morgan fingerprint density at radius 2 is 1.67 bits per heavy atom. The lowest BCUT2D eigenvalue weighted by Gasteiger charge is -2.09. The second-order valence-electron chi connectivity index (χ2n) is 5.88. The molecule has 0 aliphatic carbocycles. The Bertz CT molecular complexity index is 1040. The Balaban J connectivity index is 1.80. The number of primary amides is 1. The van der Waals surface area contributed by atoms with Crippen molar-refractivity contribution < 1.29 is 14.0 Å². The minimum absolute atomic E-state index is 0.0291. The predicted molar refractivity (Wildman–Crippen MR) is 99.1 cm³/mol. The van der Waals surface area contributed by atoms with Gasteiger partial charge in [0.25, 0.3) is 11.5 Å². The normalized spacial score (nSPS) is 10.4. The van der Waals surface area contributed by atoms with Crippen molar-refractivity contribution in [2.45, 2.75) is 6.54 Å². The largest absolute Gasteiger partial charge is 0.366 e. The molecule has 0 spiro atoms. The van der Waals surface area contributed by atoms with E-state index < -0.39 is 17.4 Å². The van der Waals surface area contributed by atoms with E-state index in [-0.39, 0.29) is 17.9 Å². The summed E-state index contributed by atoms with van der Waals surface area (Å²) in [6, 6.07) is 14.8. The van der Waals surface area contributed by atoms with E-state index in [1.54, 1.807) is 24.4 Å².